The third-order valence-corrected chi connectivity index (χ3v) is 6.04. The fourth-order valence-corrected chi connectivity index (χ4v) is 4.43. The maximum Gasteiger partial charge on any atom is 0.270 e. The fraction of sp³-hybridized carbons (Fsp3) is 0.588. The summed E-state index contributed by atoms with van der Waals surface area (Å²) in [6.07, 6.45) is 4.44. The van der Waals surface area contributed by atoms with Crippen LogP contribution in [0.1, 0.15) is 44.6 Å². The van der Waals surface area contributed by atoms with Crippen LogP contribution in [0, 0.1) is 10.1 Å². The molecule has 1 amide bonds. The summed E-state index contributed by atoms with van der Waals surface area (Å²) in [5.41, 5.74) is 0.281. The molecule has 0 radical (unpaired) electrons. The van der Waals surface area contributed by atoms with E-state index in [0.29, 0.717) is 31.4 Å². The van der Waals surface area contributed by atoms with Crippen molar-refractivity contribution in [1.82, 2.24) is 9.62 Å². The summed E-state index contributed by atoms with van der Waals surface area (Å²) in [4.78, 5) is 24.0. The molecule has 8 nitrogen and oxygen atoms in total. The molecule has 0 saturated carbocycles. The van der Waals surface area contributed by atoms with Crippen molar-refractivity contribution >= 4 is 21.6 Å². The van der Waals surface area contributed by atoms with Gasteiger partial charge in [-0.3, -0.25) is 14.9 Å². The summed E-state index contributed by atoms with van der Waals surface area (Å²) < 4.78 is 27.6. The van der Waals surface area contributed by atoms with Crippen LogP contribution >= 0.6 is 0 Å². The lowest BCUT2D eigenvalue weighted by Gasteiger charge is -2.20. The number of rotatable bonds is 8. The highest BCUT2D eigenvalue weighted by molar-refractivity contribution is 7.89. The van der Waals surface area contributed by atoms with Gasteiger partial charge in [0.2, 0.25) is 15.9 Å². The van der Waals surface area contributed by atoms with Crippen molar-refractivity contribution in [2.45, 2.75) is 50.3 Å². The number of hydrogen-bond donors (Lipinski definition) is 1. The van der Waals surface area contributed by atoms with Gasteiger partial charge in [0.15, 0.2) is 0 Å². The summed E-state index contributed by atoms with van der Waals surface area (Å²) in [5.74, 6) is 0.123. The number of aryl methyl sites for hydroxylation is 1. The van der Waals surface area contributed by atoms with Crippen molar-refractivity contribution in [3.63, 3.8) is 0 Å². The number of benzene rings is 1. The summed E-state index contributed by atoms with van der Waals surface area (Å²) >= 11 is 0. The van der Waals surface area contributed by atoms with E-state index in [2.05, 4.69) is 4.72 Å². The number of hydrogen-bond acceptors (Lipinski definition) is 5. The molecule has 1 aromatic rings. The molecule has 1 heterocycles. The lowest BCUT2D eigenvalue weighted by Crippen LogP contribution is -2.34. The van der Waals surface area contributed by atoms with Gasteiger partial charge in [-0.2, -0.15) is 0 Å². The lowest BCUT2D eigenvalue weighted by molar-refractivity contribution is -0.385. The molecule has 0 unspecified atom stereocenters. The van der Waals surface area contributed by atoms with Crippen molar-refractivity contribution in [2.24, 2.45) is 0 Å². The molecule has 1 fully saturated rings. The Balaban J connectivity index is 1.99. The summed E-state index contributed by atoms with van der Waals surface area (Å²) in [6, 6.07) is 3.88. The number of nitrogens with one attached hydrogen (secondary N) is 1. The topological polar surface area (TPSA) is 110 Å². The van der Waals surface area contributed by atoms with Crippen LogP contribution in [-0.2, 0) is 21.2 Å². The molecule has 1 aromatic carbocycles. The molecule has 9 heteroatoms. The number of nitro groups is 1. The van der Waals surface area contributed by atoms with Gasteiger partial charge in [-0.25, -0.2) is 13.1 Å². The highest BCUT2D eigenvalue weighted by Gasteiger charge is 2.21. The summed E-state index contributed by atoms with van der Waals surface area (Å²) in [5, 5.41) is 10.9. The molecule has 0 aliphatic carbocycles. The first-order valence-corrected chi connectivity index (χ1v) is 10.4. The highest BCUT2D eigenvalue weighted by Crippen LogP contribution is 2.22. The smallest absolute Gasteiger partial charge is 0.270 e. The third-order valence-electron chi connectivity index (χ3n) is 4.50. The molecule has 1 N–H and O–H groups in total. The predicted octanol–water partition coefficient (Wildman–Crippen LogP) is 2.23. The van der Waals surface area contributed by atoms with E-state index < -0.39 is 14.9 Å². The number of carbonyl (C=O) groups excluding carboxylic acids is 1. The Kier molecular flexibility index (Phi) is 7.10. The maximum atomic E-state index is 12.5. The maximum absolute atomic E-state index is 12.5. The molecule has 0 spiro atoms. The van der Waals surface area contributed by atoms with E-state index in [1.807, 2.05) is 0 Å². The molecular weight excluding hydrogens is 358 g/mol. The first kappa shape index (κ1) is 20.3. The van der Waals surface area contributed by atoms with Gasteiger partial charge in [0.1, 0.15) is 0 Å². The molecular formula is C17H25N3O5S. The van der Waals surface area contributed by atoms with Gasteiger partial charge in [-0.05, 0) is 31.2 Å². The van der Waals surface area contributed by atoms with Crippen LogP contribution < -0.4 is 4.72 Å². The zero-order valence-corrected chi connectivity index (χ0v) is 15.8. The van der Waals surface area contributed by atoms with Crippen LogP contribution in [0.25, 0.3) is 0 Å². The first-order valence-electron chi connectivity index (χ1n) is 8.90. The summed E-state index contributed by atoms with van der Waals surface area (Å²) in [6.45, 7) is 3.20. The molecule has 1 aliphatic rings. The quantitative estimate of drug-likeness (QED) is 0.420. The zero-order valence-electron chi connectivity index (χ0n) is 14.9. The van der Waals surface area contributed by atoms with E-state index in [1.165, 1.54) is 12.1 Å². The van der Waals surface area contributed by atoms with E-state index in [-0.39, 0.29) is 23.0 Å². The molecule has 1 aliphatic heterocycles. The van der Waals surface area contributed by atoms with E-state index in [9.17, 15) is 23.3 Å². The number of non-ortho nitro benzene ring substituents is 1. The van der Waals surface area contributed by atoms with E-state index in [0.717, 1.165) is 31.9 Å². The minimum atomic E-state index is -3.84. The van der Waals surface area contributed by atoms with Gasteiger partial charge in [-0.15, -0.1) is 0 Å². The van der Waals surface area contributed by atoms with Crippen LogP contribution in [0.15, 0.2) is 23.1 Å². The molecule has 2 rings (SSSR count). The van der Waals surface area contributed by atoms with Crippen molar-refractivity contribution in [3.05, 3.63) is 33.9 Å². The second-order valence-corrected chi connectivity index (χ2v) is 8.08. The number of nitrogens with zero attached hydrogens (tertiary/aromatic N) is 2. The van der Waals surface area contributed by atoms with E-state index in [1.54, 1.807) is 11.8 Å². The Bertz CT molecular complexity index is 764. The van der Waals surface area contributed by atoms with Crippen LogP contribution in [-0.4, -0.2) is 43.8 Å². The average molecular weight is 383 g/mol. The zero-order chi connectivity index (χ0) is 19.2. The van der Waals surface area contributed by atoms with Crippen LogP contribution in [0.3, 0.4) is 0 Å². The van der Waals surface area contributed by atoms with Gasteiger partial charge in [0.05, 0.1) is 9.82 Å². The normalized spacial score (nSPS) is 15.7. The molecule has 0 atom stereocenters. The van der Waals surface area contributed by atoms with E-state index >= 15 is 0 Å². The van der Waals surface area contributed by atoms with E-state index in [4.69, 9.17) is 0 Å². The monoisotopic (exact) mass is 383 g/mol. The Morgan fingerprint density at radius 3 is 2.73 bits per heavy atom. The van der Waals surface area contributed by atoms with Crippen LogP contribution in [0.2, 0.25) is 0 Å². The predicted molar refractivity (Wildman–Crippen MR) is 97.3 cm³/mol. The Hall–Kier alpha value is -2.00. The van der Waals surface area contributed by atoms with Crippen molar-refractivity contribution < 1.29 is 18.1 Å². The number of nitro benzene ring substituents is 1. The van der Waals surface area contributed by atoms with Gasteiger partial charge in [0.25, 0.3) is 5.69 Å². The second kappa shape index (κ2) is 9.09. The number of carbonyl (C=O) groups is 1. The SMILES string of the molecule is CCc1ccc([N+](=O)[O-])cc1S(=O)(=O)NCCCN1CCCCCC1=O. The first-order chi connectivity index (χ1) is 12.3. The van der Waals surface area contributed by atoms with Crippen molar-refractivity contribution in [2.75, 3.05) is 19.6 Å². The fourth-order valence-electron chi connectivity index (χ4n) is 3.03. The van der Waals surface area contributed by atoms with Crippen LogP contribution in [0.4, 0.5) is 5.69 Å². The van der Waals surface area contributed by atoms with Gasteiger partial charge in [-0.1, -0.05) is 19.4 Å². The molecule has 1 saturated heterocycles. The van der Waals surface area contributed by atoms with Crippen molar-refractivity contribution in [1.29, 1.82) is 0 Å². The summed E-state index contributed by atoms with van der Waals surface area (Å²) in [7, 11) is -3.84. The Labute approximate surface area is 153 Å². The van der Waals surface area contributed by atoms with Crippen LogP contribution in [0.5, 0.6) is 0 Å². The average Bonchev–Trinajstić information content (AvgIpc) is 2.82. The highest BCUT2D eigenvalue weighted by atomic mass is 32.2. The number of sulfonamides is 1. The minimum absolute atomic E-state index is 0.0555. The Morgan fingerprint density at radius 2 is 2.04 bits per heavy atom. The minimum Gasteiger partial charge on any atom is -0.343 e. The molecule has 144 valence electrons. The lowest BCUT2D eigenvalue weighted by atomic mass is 10.1. The molecule has 0 bridgehead atoms. The van der Waals surface area contributed by atoms with Gasteiger partial charge in [0, 0.05) is 38.2 Å². The van der Waals surface area contributed by atoms with Crippen molar-refractivity contribution in [3.8, 4) is 0 Å². The third kappa shape index (κ3) is 5.25. The number of amides is 1. The van der Waals surface area contributed by atoms with Gasteiger partial charge >= 0.3 is 0 Å². The Morgan fingerprint density at radius 1 is 1.27 bits per heavy atom. The number of likely N-dealkylation sites (tertiary alicyclic amines) is 1. The molecule has 26 heavy (non-hydrogen) atoms. The largest absolute Gasteiger partial charge is 0.343 e. The standard InChI is InChI=1S/C17H25N3O5S/c1-2-14-8-9-15(20(22)23)13-16(14)26(24,25)18-10-6-12-19-11-5-3-4-7-17(19)21/h8-9,13,18H,2-7,10-12H2,1H3. The second-order valence-electron chi connectivity index (χ2n) is 6.35. The molecule has 0 aromatic heterocycles. The van der Waals surface area contributed by atoms with Gasteiger partial charge < -0.3 is 4.90 Å².